The molecule has 0 saturated carbocycles. The lowest BCUT2D eigenvalue weighted by molar-refractivity contribution is 0.437. The Morgan fingerprint density at radius 2 is 2.05 bits per heavy atom. The van der Waals surface area contributed by atoms with Crippen molar-refractivity contribution < 1.29 is 12.6 Å². The summed E-state index contributed by atoms with van der Waals surface area (Å²) in [6.07, 6.45) is 0. The molecule has 20 heavy (non-hydrogen) atoms. The molecule has 1 aromatic heterocycles. The zero-order valence-electron chi connectivity index (χ0n) is 11.7. The van der Waals surface area contributed by atoms with Gasteiger partial charge in [0.15, 0.2) is 0 Å². The highest BCUT2D eigenvalue weighted by atomic mass is 32.2. The fraction of sp³-hybridized carbons (Fsp3) is 0.727. The van der Waals surface area contributed by atoms with E-state index in [1.807, 2.05) is 6.92 Å². The maximum atomic E-state index is 12.7. The largest absolute Gasteiger partial charge is 0.311 e. The van der Waals surface area contributed by atoms with Crippen LogP contribution in [0.4, 0.5) is 0 Å². The predicted molar refractivity (Wildman–Crippen MR) is 77.3 cm³/mol. The van der Waals surface area contributed by atoms with Crippen molar-refractivity contribution in [3.05, 3.63) is 11.4 Å². The predicted octanol–water partition coefficient (Wildman–Crippen LogP) is -0.419. The molecule has 2 rings (SSSR count). The first kappa shape index (κ1) is 15.6. The summed E-state index contributed by atoms with van der Waals surface area (Å²) in [7, 11) is -4.47. The summed E-state index contributed by atoms with van der Waals surface area (Å²) in [5.41, 5.74) is 1.06. The topological polar surface area (TPSA) is 95.2 Å². The van der Waals surface area contributed by atoms with Gasteiger partial charge in [-0.05, 0) is 13.5 Å². The molecule has 7 nitrogen and oxygen atoms in total. The molecule has 0 aliphatic carbocycles. The number of nitrogens with one attached hydrogen (secondary N) is 2. The van der Waals surface area contributed by atoms with Crippen molar-refractivity contribution in [2.75, 3.05) is 31.1 Å². The highest BCUT2D eigenvalue weighted by Crippen LogP contribution is 2.23. The van der Waals surface area contributed by atoms with Crippen LogP contribution in [0.5, 0.6) is 0 Å². The van der Waals surface area contributed by atoms with Crippen LogP contribution in [0.1, 0.15) is 18.3 Å². The van der Waals surface area contributed by atoms with Gasteiger partial charge < -0.3 is 5.32 Å². The van der Waals surface area contributed by atoms with Gasteiger partial charge in [-0.3, -0.25) is 9.31 Å². The smallest absolute Gasteiger partial charge is 0.246 e. The van der Waals surface area contributed by atoms with Crippen LogP contribution in [0.15, 0.2) is 4.90 Å². The van der Waals surface area contributed by atoms with Gasteiger partial charge in [0.25, 0.3) is 0 Å². The van der Waals surface area contributed by atoms with Crippen molar-refractivity contribution in [2.24, 2.45) is 0 Å². The first-order valence-corrected chi connectivity index (χ1v) is 9.49. The number of aromatic nitrogens is 2. The molecular weight excluding hydrogens is 300 g/mol. The fourth-order valence-corrected chi connectivity index (χ4v) is 5.22. The van der Waals surface area contributed by atoms with E-state index >= 15 is 0 Å². The molecule has 9 heteroatoms. The van der Waals surface area contributed by atoms with Crippen molar-refractivity contribution in [3.8, 4) is 0 Å². The van der Waals surface area contributed by atoms with Gasteiger partial charge in [-0.2, -0.15) is 9.40 Å². The lowest BCUT2D eigenvalue weighted by Gasteiger charge is -2.25. The molecule has 1 aliphatic rings. The van der Waals surface area contributed by atoms with Crippen molar-refractivity contribution in [2.45, 2.75) is 25.3 Å². The first-order valence-electron chi connectivity index (χ1n) is 6.56. The molecule has 1 aromatic rings. The number of aryl methyl sites for hydroxylation is 1. The van der Waals surface area contributed by atoms with Gasteiger partial charge in [0, 0.05) is 41.9 Å². The third kappa shape index (κ3) is 3.11. The lowest BCUT2D eigenvalue weighted by Crippen LogP contribution is -2.42. The molecule has 0 spiro atoms. The number of aromatic amines is 1. The van der Waals surface area contributed by atoms with Crippen LogP contribution in [0, 0.1) is 6.92 Å². The molecule has 114 valence electrons. The van der Waals surface area contributed by atoms with E-state index in [2.05, 4.69) is 15.5 Å². The van der Waals surface area contributed by atoms with Gasteiger partial charge in [0.1, 0.15) is 4.90 Å². The average Bonchev–Trinajstić information content (AvgIpc) is 2.78. The van der Waals surface area contributed by atoms with Gasteiger partial charge >= 0.3 is 0 Å². The summed E-state index contributed by atoms with van der Waals surface area (Å²) in [6.45, 7) is 5.43. The zero-order valence-corrected chi connectivity index (χ0v) is 13.3. The maximum Gasteiger partial charge on any atom is 0.246 e. The summed E-state index contributed by atoms with van der Waals surface area (Å²) in [5, 5.41) is 9.91. The minimum atomic E-state index is -3.57. The number of H-pyrrole nitrogens is 1. The third-order valence-electron chi connectivity index (χ3n) is 3.24. The summed E-state index contributed by atoms with van der Waals surface area (Å²) in [6, 6.07) is 0. The highest BCUT2D eigenvalue weighted by Gasteiger charge is 2.32. The molecule has 1 fully saturated rings. The van der Waals surface area contributed by atoms with Crippen LogP contribution in [0.3, 0.4) is 0 Å². The number of sulfonamides is 1. The minimum Gasteiger partial charge on any atom is -0.311 e. The van der Waals surface area contributed by atoms with Gasteiger partial charge in [-0.1, -0.05) is 6.92 Å². The number of nitrogens with zero attached hydrogens (tertiary/aromatic N) is 2. The van der Waals surface area contributed by atoms with Crippen LogP contribution < -0.4 is 5.32 Å². The van der Waals surface area contributed by atoms with Crippen LogP contribution >= 0.6 is 0 Å². The molecular formula is C11H20N4O3S2. The maximum absolute atomic E-state index is 12.7. The van der Waals surface area contributed by atoms with E-state index in [9.17, 15) is 12.6 Å². The van der Waals surface area contributed by atoms with E-state index in [0.717, 1.165) is 6.54 Å². The molecule has 0 atom stereocenters. The standard InChI is InChI=1S/C11H20N4O3S2/c1-3-12-8-10-11(9(2)13-14-10)20(17,18)15-4-6-19(16)7-5-15/h12H,3-8H2,1-2H3,(H,13,14). The summed E-state index contributed by atoms with van der Waals surface area (Å²) < 4.78 is 38.2. The molecule has 2 heterocycles. The van der Waals surface area contributed by atoms with Crippen LogP contribution in [0.25, 0.3) is 0 Å². The van der Waals surface area contributed by atoms with Gasteiger partial charge in [0.05, 0.1) is 11.4 Å². The number of rotatable bonds is 5. The second-order valence-electron chi connectivity index (χ2n) is 4.66. The van der Waals surface area contributed by atoms with E-state index in [1.54, 1.807) is 6.92 Å². The Balaban J connectivity index is 2.29. The first-order chi connectivity index (χ1) is 9.46. The fourth-order valence-electron chi connectivity index (χ4n) is 2.17. The number of hydrogen-bond donors (Lipinski definition) is 2. The molecule has 0 unspecified atom stereocenters. The summed E-state index contributed by atoms with van der Waals surface area (Å²) in [4.78, 5) is 0.256. The molecule has 2 N–H and O–H groups in total. The summed E-state index contributed by atoms with van der Waals surface area (Å²) >= 11 is 0. The van der Waals surface area contributed by atoms with E-state index < -0.39 is 20.8 Å². The Morgan fingerprint density at radius 3 is 2.65 bits per heavy atom. The molecule has 0 bridgehead atoms. The second kappa shape index (κ2) is 6.33. The Labute approximate surface area is 121 Å². The monoisotopic (exact) mass is 320 g/mol. The van der Waals surface area contributed by atoms with Crippen LogP contribution in [0.2, 0.25) is 0 Å². The lowest BCUT2D eigenvalue weighted by atomic mass is 10.3. The van der Waals surface area contributed by atoms with Crippen molar-refractivity contribution in [1.82, 2.24) is 19.8 Å². The Hall–Kier alpha value is -0.770. The zero-order chi connectivity index (χ0) is 14.8. The van der Waals surface area contributed by atoms with Crippen molar-refractivity contribution in [3.63, 3.8) is 0 Å². The van der Waals surface area contributed by atoms with E-state index in [1.165, 1.54) is 4.31 Å². The van der Waals surface area contributed by atoms with Crippen molar-refractivity contribution in [1.29, 1.82) is 0 Å². The molecule has 1 saturated heterocycles. The van der Waals surface area contributed by atoms with E-state index in [4.69, 9.17) is 0 Å². The van der Waals surface area contributed by atoms with E-state index in [0.29, 0.717) is 42.5 Å². The minimum absolute atomic E-state index is 0.256. The SMILES string of the molecule is CCNCc1n[nH]c(C)c1S(=O)(=O)N1CCS(=O)CC1. The van der Waals surface area contributed by atoms with Crippen LogP contribution in [-0.4, -0.2) is 58.3 Å². The quantitative estimate of drug-likeness (QED) is 0.768. The normalized spacial score (nSPS) is 18.5. The third-order valence-corrected chi connectivity index (χ3v) is 6.62. The molecule has 0 amide bonds. The Bertz CT molecular complexity index is 587. The molecule has 0 aromatic carbocycles. The summed E-state index contributed by atoms with van der Waals surface area (Å²) in [5.74, 6) is 0.803. The Kier molecular flexibility index (Phi) is 4.95. The van der Waals surface area contributed by atoms with E-state index in [-0.39, 0.29) is 4.90 Å². The van der Waals surface area contributed by atoms with Gasteiger partial charge in [0.2, 0.25) is 10.0 Å². The Morgan fingerprint density at radius 1 is 1.40 bits per heavy atom. The van der Waals surface area contributed by atoms with Crippen LogP contribution in [-0.2, 0) is 27.4 Å². The molecule has 1 aliphatic heterocycles. The molecule has 0 radical (unpaired) electrons. The van der Waals surface area contributed by atoms with Crippen molar-refractivity contribution >= 4 is 20.8 Å². The van der Waals surface area contributed by atoms with Gasteiger partial charge in [-0.15, -0.1) is 0 Å². The van der Waals surface area contributed by atoms with Gasteiger partial charge in [-0.25, -0.2) is 8.42 Å². The highest BCUT2D eigenvalue weighted by molar-refractivity contribution is 7.89. The average molecular weight is 320 g/mol. The number of hydrogen-bond acceptors (Lipinski definition) is 5. The second-order valence-corrected chi connectivity index (χ2v) is 8.23.